The van der Waals surface area contributed by atoms with Crippen molar-refractivity contribution >= 4 is 5.97 Å². The molecule has 0 aromatic rings. The summed E-state index contributed by atoms with van der Waals surface area (Å²) >= 11 is 0. The summed E-state index contributed by atoms with van der Waals surface area (Å²) in [7, 11) is 0. The molecule has 3 heteroatoms. The zero-order valence-corrected chi connectivity index (χ0v) is 8.62. The smallest absolute Gasteiger partial charge is 0.303 e. The largest absolute Gasteiger partial charge is 0.481 e. The zero-order valence-electron chi connectivity index (χ0n) is 8.62. The van der Waals surface area contributed by atoms with E-state index < -0.39 is 5.97 Å². The minimum Gasteiger partial charge on any atom is -0.481 e. The van der Waals surface area contributed by atoms with Gasteiger partial charge in [0.1, 0.15) is 0 Å². The second kappa shape index (κ2) is 6.89. The molecule has 0 saturated heterocycles. The SMILES string of the molecule is CC(C)CCCC(CN)CC(=O)O. The number of carbonyl (C=O) groups is 1. The third-order valence-electron chi connectivity index (χ3n) is 2.19. The average molecular weight is 187 g/mol. The van der Waals surface area contributed by atoms with E-state index in [0.29, 0.717) is 12.5 Å². The average Bonchev–Trinajstić information content (AvgIpc) is 2.01. The summed E-state index contributed by atoms with van der Waals surface area (Å²) in [4.78, 5) is 10.4. The highest BCUT2D eigenvalue weighted by molar-refractivity contribution is 5.67. The number of nitrogens with two attached hydrogens (primary N) is 1. The Morgan fingerprint density at radius 2 is 2.00 bits per heavy atom. The Balaban J connectivity index is 3.53. The van der Waals surface area contributed by atoms with Gasteiger partial charge in [-0.05, 0) is 24.8 Å². The summed E-state index contributed by atoms with van der Waals surface area (Å²) in [5.41, 5.74) is 5.47. The third-order valence-corrected chi connectivity index (χ3v) is 2.19. The quantitative estimate of drug-likeness (QED) is 0.639. The van der Waals surface area contributed by atoms with Crippen LogP contribution in [0.2, 0.25) is 0 Å². The van der Waals surface area contributed by atoms with Crippen LogP contribution in [0.4, 0.5) is 0 Å². The lowest BCUT2D eigenvalue weighted by Crippen LogP contribution is -2.18. The fourth-order valence-corrected chi connectivity index (χ4v) is 1.36. The highest BCUT2D eigenvalue weighted by Gasteiger charge is 2.10. The Labute approximate surface area is 80.3 Å². The monoisotopic (exact) mass is 187 g/mol. The fraction of sp³-hybridized carbons (Fsp3) is 0.900. The normalized spacial score (nSPS) is 13.2. The molecule has 0 radical (unpaired) electrons. The van der Waals surface area contributed by atoms with Gasteiger partial charge in [0.2, 0.25) is 0 Å². The molecule has 0 spiro atoms. The molecule has 13 heavy (non-hydrogen) atoms. The van der Waals surface area contributed by atoms with Crippen LogP contribution >= 0.6 is 0 Å². The van der Waals surface area contributed by atoms with E-state index in [0.717, 1.165) is 19.3 Å². The topological polar surface area (TPSA) is 63.3 Å². The minimum absolute atomic E-state index is 0.163. The van der Waals surface area contributed by atoms with Gasteiger partial charge in [0.05, 0.1) is 0 Å². The maximum atomic E-state index is 10.4. The van der Waals surface area contributed by atoms with E-state index in [9.17, 15) is 4.79 Å². The van der Waals surface area contributed by atoms with Gasteiger partial charge in [-0.1, -0.05) is 26.7 Å². The molecule has 1 atom stereocenters. The molecule has 0 aliphatic carbocycles. The molecule has 1 unspecified atom stereocenters. The van der Waals surface area contributed by atoms with E-state index in [2.05, 4.69) is 13.8 Å². The van der Waals surface area contributed by atoms with Gasteiger partial charge in [-0.15, -0.1) is 0 Å². The molecular formula is C10H21NO2. The zero-order chi connectivity index (χ0) is 10.3. The first-order valence-electron chi connectivity index (χ1n) is 4.98. The number of hydrogen-bond donors (Lipinski definition) is 2. The van der Waals surface area contributed by atoms with Crippen LogP contribution in [-0.4, -0.2) is 17.6 Å². The summed E-state index contributed by atoms with van der Waals surface area (Å²) in [6.07, 6.45) is 3.42. The molecule has 3 N–H and O–H groups in total. The Bertz CT molecular complexity index is 146. The van der Waals surface area contributed by atoms with Crippen molar-refractivity contribution in [2.75, 3.05) is 6.54 Å². The van der Waals surface area contributed by atoms with Crippen molar-refractivity contribution in [3.63, 3.8) is 0 Å². The molecule has 0 aromatic heterocycles. The lowest BCUT2D eigenvalue weighted by atomic mass is 9.96. The highest BCUT2D eigenvalue weighted by Crippen LogP contribution is 2.14. The molecule has 0 fully saturated rings. The predicted octanol–water partition coefficient (Wildman–Crippen LogP) is 1.86. The van der Waals surface area contributed by atoms with E-state index in [4.69, 9.17) is 10.8 Å². The summed E-state index contributed by atoms with van der Waals surface area (Å²) in [5, 5.41) is 8.57. The van der Waals surface area contributed by atoms with Crippen LogP contribution in [0.3, 0.4) is 0 Å². The van der Waals surface area contributed by atoms with Crippen LogP contribution in [-0.2, 0) is 4.79 Å². The molecule has 0 aromatic carbocycles. The molecule has 0 rings (SSSR count). The van der Waals surface area contributed by atoms with Crippen molar-refractivity contribution in [1.82, 2.24) is 0 Å². The number of rotatable bonds is 7. The van der Waals surface area contributed by atoms with Gasteiger partial charge in [0.15, 0.2) is 0 Å². The fourth-order valence-electron chi connectivity index (χ4n) is 1.36. The summed E-state index contributed by atoms with van der Waals surface area (Å²) < 4.78 is 0. The molecule has 0 aliphatic rings. The Morgan fingerprint density at radius 1 is 1.38 bits per heavy atom. The Kier molecular flexibility index (Phi) is 6.59. The van der Waals surface area contributed by atoms with Crippen LogP contribution < -0.4 is 5.73 Å². The molecule has 0 bridgehead atoms. The van der Waals surface area contributed by atoms with E-state index in [1.54, 1.807) is 0 Å². The van der Waals surface area contributed by atoms with Gasteiger partial charge in [0, 0.05) is 6.42 Å². The number of aliphatic carboxylic acids is 1. The standard InChI is InChI=1S/C10H21NO2/c1-8(2)4-3-5-9(7-11)6-10(12)13/h8-9H,3-7,11H2,1-2H3,(H,12,13). The van der Waals surface area contributed by atoms with Crippen LogP contribution in [0.5, 0.6) is 0 Å². The van der Waals surface area contributed by atoms with Gasteiger partial charge in [0.25, 0.3) is 0 Å². The summed E-state index contributed by atoms with van der Waals surface area (Å²) in [6.45, 7) is 4.84. The van der Waals surface area contributed by atoms with E-state index in [1.807, 2.05) is 0 Å². The van der Waals surface area contributed by atoms with Gasteiger partial charge in [-0.3, -0.25) is 4.79 Å². The number of hydrogen-bond acceptors (Lipinski definition) is 2. The molecule has 0 aliphatic heterocycles. The maximum absolute atomic E-state index is 10.4. The van der Waals surface area contributed by atoms with Crippen LogP contribution in [0, 0.1) is 11.8 Å². The van der Waals surface area contributed by atoms with Crippen molar-refractivity contribution in [3.8, 4) is 0 Å². The van der Waals surface area contributed by atoms with E-state index in [-0.39, 0.29) is 12.3 Å². The van der Waals surface area contributed by atoms with E-state index in [1.165, 1.54) is 0 Å². The lowest BCUT2D eigenvalue weighted by molar-refractivity contribution is -0.138. The van der Waals surface area contributed by atoms with Crippen molar-refractivity contribution in [2.45, 2.75) is 39.5 Å². The molecular weight excluding hydrogens is 166 g/mol. The molecule has 0 amide bonds. The summed E-state index contributed by atoms with van der Waals surface area (Å²) in [5.74, 6) is 0.125. The molecule has 0 saturated carbocycles. The van der Waals surface area contributed by atoms with Crippen LogP contribution in [0.15, 0.2) is 0 Å². The summed E-state index contributed by atoms with van der Waals surface area (Å²) in [6, 6.07) is 0. The molecule has 0 heterocycles. The Morgan fingerprint density at radius 3 is 2.38 bits per heavy atom. The Hall–Kier alpha value is -0.570. The number of carboxylic acids is 1. The second-order valence-corrected chi connectivity index (χ2v) is 4.02. The molecule has 3 nitrogen and oxygen atoms in total. The van der Waals surface area contributed by atoms with Gasteiger partial charge in [-0.25, -0.2) is 0 Å². The van der Waals surface area contributed by atoms with Gasteiger partial charge >= 0.3 is 5.97 Å². The maximum Gasteiger partial charge on any atom is 0.303 e. The molecule has 78 valence electrons. The first-order chi connectivity index (χ1) is 6.06. The highest BCUT2D eigenvalue weighted by atomic mass is 16.4. The number of carboxylic acid groups (broad SMARTS) is 1. The van der Waals surface area contributed by atoms with Crippen molar-refractivity contribution in [2.24, 2.45) is 17.6 Å². The van der Waals surface area contributed by atoms with Crippen molar-refractivity contribution in [3.05, 3.63) is 0 Å². The predicted molar refractivity (Wildman–Crippen MR) is 53.5 cm³/mol. The third kappa shape index (κ3) is 7.78. The lowest BCUT2D eigenvalue weighted by Gasteiger charge is -2.12. The van der Waals surface area contributed by atoms with Gasteiger partial charge in [-0.2, -0.15) is 0 Å². The van der Waals surface area contributed by atoms with E-state index >= 15 is 0 Å². The first-order valence-corrected chi connectivity index (χ1v) is 4.98. The van der Waals surface area contributed by atoms with Crippen molar-refractivity contribution in [1.29, 1.82) is 0 Å². The van der Waals surface area contributed by atoms with Crippen LogP contribution in [0.1, 0.15) is 39.5 Å². The van der Waals surface area contributed by atoms with Crippen molar-refractivity contribution < 1.29 is 9.90 Å². The minimum atomic E-state index is -0.736. The van der Waals surface area contributed by atoms with Crippen LogP contribution in [0.25, 0.3) is 0 Å². The first kappa shape index (κ1) is 12.4. The second-order valence-electron chi connectivity index (χ2n) is 4.02. The van der Waals surface area contributed by atoms with Gasteiger partial charge < -0.3 is 10.8 Å².